The fraction of sp³-hybridized carbons (Fsp3) is 0.250. The third-order valence-electron chi connectivity index (χ3n) is 7.08. The van der Waals surface area contributed by atoms with Crippen LogP contribution in [0.4, 0.5) is 4.39 Å². The summed E-state index contributed by atoms with van der Waals surface area (Å²) in [6.07, 6.45) is 0. The molecule has 0 radical (unpaired) electrons. The first kappa shape index (κ1) is 28.8. The zero-order valence-corrected chi connectivity index (χ0v) is 23.6. The van der Waals surface area contributed by atoms with Crippen LogP contribution in [0.1, 0.15) is 27.8 Å². The Hall–Kier alpha value is -3.76. The highest BCUT2D eigenvalue weighted by atomic mass is 32.2. The van der Waals surface area contributed by atoms with E-state index in [0.717, 1.165) is 16.7 Å². The zero-order chi connectivity index (χ0) is 28.7. The lowest BCUT2D eigenvalue weighted by molar-refractivity contribution is -0.0808. The van der Waals surface area contributed by atoms with E-state index in [4.69, 9.17) is 14.2 Å². The predicted molar refractivity (Wildman–Crippen MR) is 155 cm³/mol. The molecule has 214 valence electrons. The van der Waals surface area contributed by atoms with Crippen molar-refractivity contribution in [3.8, 4) is 11.5 Å². The van der Waals surface area contributed by atoms with Crippen LogP contribution in [0.15, 0.2) is 97.1 Å². The summed E-state index contributed by atoms with van der Waals surface area (Å²) in [5, 5.41) is 3.48. The monoisotopic (exact) mass is 576 g/mol. The van der Waals surface area contributed by atoms with E-state index in [2.05, 4.69) is 10.0 Å². The molecule has 0 atom stereocenters. The molecule has 0 aromatic heterocycles. The van der Waals surface area contributed by atoms with Crippen molar-refractivity contribution in [3.63, 3.8) is 0 Å². The number of ether oxygens (including phenoxy) is 3. The van der Waals surface area contributed by atoms with Crippen molar-refractivity contribution >= 4 is 10.0 Å². The first-order valence-corrected chi connectivity index (χ1v) is 15.0. The van der Waals surface area contributed by atoms with Gasteiger partial charge in [-0.05, 0) is 30.3 Å². The second kappa shape index (κ2) is 12.8. The zero-order valence-electron chi connectivity index (χ0n) is 22.8. The van der Waals surface area contributed by atoms with Crippen molar-refractivity contribution in [1.29, 1.82) is 0 Å². The summed E-state index contributed by atoms with van der Waals surface area (Å²) in [5.74, 6) is 0.337. The van der Waals surface area contributed by atoms with Gasteiger partial charge in [-0.1, -0.05) is 78.9 Å². The maximum Gasteiger partial charge on any atom is 0.215 e. The standard InChI is InChI=1S/C32H33FN2O5S/c1-34-41(36,37)21-27-14-8-13-26(31(27)33)18-35-32(22-38-23-32)29-16-15-28(39-19-24-9-4-2-5-10-24)17-30(29)40-20-25-11-6-3-7-12-25/h2-17,34-35H,18-23H2,1H3. The van der Waals surface area contributed by atoms with Crippen molar-refractivity contribution < 1.29 is 27.0 Å². The summed E-state index contributed by atoms with van der Waals surface area (Å²) in [7, 11) is -2.30. The molecule has 41 heavy (non-hydrogen) atoms. The SMILES string of the molecule is CNS(=O)(=O)Cc1cccc(CNC2(c3ccc(OCc4ccccc4)cc3OCc3ccccc3)COC2)c1F. The van der Waals surface area contributed by atoms with Gasteiger partial charge in [0.2, 0.25) is 10.0 Å². The van der Waals surface area contributed by atoms with Gasteiger partial charge in [-0.15, -0.1) is 0 Å². The van der Waals surface area contributed by atoms with E-state index in [-0.39, 0.29) is 12.1 Å². The average Bonchev–Trinajstić information content (AvgIpc) is 2.97. The molecule has 0 unspecified atom stereocenters. The molecule has 4 aromatic rings. The molecule has 0 aliphatic carbocycles. The molecule has 1 saturated heterocycles. The van der Waals surface area contributed by atoms with E-state index in [9.17, 15) is 8.42 Å². The average molecular weight is 577 g/mol. The molecule has 1 aliphatic heterocycles. The summed E-state index contributed by atoms with van der Waals surface area (Å²) in [4.78, 5) is 0. The predicted octanol–water partition coefficient (Wildman–Crippen LogP) is 5.05. The summed E-state index contributed by atoms with van der Waals surface area (Å²) in [6, 6.07) is 30.4. The topological polar surface area (TPSA) is 85.9 Å². The van der Waals surface area contributed by atoms with Crippen LogP contribution in [0.3, 0.4) is 0 Å². The highest BCUT2D eigenvalue weighted by Crippen LogP contribution is 2.39. The van der Waals surface area contributed by atoms with Gasteiger partial charge in [0, 0.05) is 29.3 Å². The van der Waals surface area contributed by atoms with E-state index in [1.54, 1.807) is 12.1 Å². The number of benzene rings is 4. The van der Waals surface area contributed by atoms with E-state index in [0.29, 0.717) is 43.5 Å². The van der Waals surface area contributed by atoms with Crippen molar-refractivity contribution in [1.82, 2.24) is 10.0 Å². The van der Waals surface area contributed by atoms with Crippen LogP contribution in [0, 0.1) is 5.82 Å². The summed E-state index contributed by atoms with van der Waals surface area (Å²) in [5.41, 5.74) is 2.82. The van der Waals surface area contributed by atoms with Gasteiger partial charge in [-0.25, -0.2) is 17.5 Å². The molecule has 1 heterocycles. The van der Waals surface area contributed by atoms with Crippen LogP contribution in [-0.4, -0.2) is 28.7 Å². The lowest BCUT2D eigenvalue weighted by Gasteiger charge is -2.43. The Balaban J connectivity index is 1.38. The number of halogens is 1. The third-order valence-corrected chi connectivity index (χ3v) is 8.40. The first-order valence-electron chi connectivity index (χ1n) is 13.4. The largest absolute Gasteiger partial charge is 0.489 e. The summed E-state index contributed by atoms with van der Waals surface area (Å²) >= 11 is 0. The normalized spacial score (nSPS) is 14.3. The molecule has 7 nitrogen and oxygen atoms in total. The van der Waals surface area contributed by atoms with Crippen molar-refractivity contribution in [3.05, 3.63) is 131 Å². The van der Waals surface area contributed by atoms with Crippen LogP contribution < -0.4 is 19.5 Å². The van der Waals surface area contributed by atoms with Gasteiger partial charge in [0.15, 0.2) is 0 Å². The number of nitrogens with one attached hydrogen (secondary N) is 2. The molecule has 0 amide bonds. The van der Waals surface area contributed by atoms with Crippen LogP contribution in [0.2, 0.25) is 0 Å². The van der Waals surface area contributed by atoms with Crippen molar-refractivity contribution in [2.45, 2.75) is 31.1 Å². The van der Waals surface area contributed by atoms with Gasteiger partial charge in [-0.3, -0.25) is 5.32 Å². The molecule has 0 bridgehead atoms. The second-order valence-corrected chi connectivity index (χ2v) is 11.9. The quantitative estimate of drug-likeness (QED) is 0.232. The van der Waals surface area contributed by atoms with E-state index in [1.807, 2.05) is 78.9 Å². The Morgan fingerprint density at radius 3 is 2.07 bits per heavy atom. The van der Waals surface area contributed by atoms with Gasteiger partial charge in [0.05, 0.1) is 24.5 Å². The Morgan fingerprint density at radius 1 is 0.829 bits per heavy atom. The van der Waals surface area contributed by atoms with E-state index >= 15 is 4.39 Å². The van der Waals surface area contributed by atoms with Gasteiger partial charge < -0.3 is 14.2 Å². The molecule has 0 saturated carbocycles. The van der Waals surface area contributed by atoms with Gasteiger partial charge in [-0.2, -0.15) is 0 Å². The maximum atomic E-state index is 15.3. The Labute approximate surface area is 240 Å². The molecular formula is C32H33FN2O5S. The fourth-order valence-corrected chi connectivity index (χ4v) is 5.44. The van der Waals surface area contributed by atoms with E-state index < -0.39 is 27.1 Å². The van der Waals surface area contributed by atoms with Crippen molar-refractivity contribution in [2.75, 3.05) is 20.3 Å². The van der Waals surface area contributed by atoms with Crippen LogP contribution in [-0.2, 0) is 45.8 Å². The number of hydrogen-bond acceptors (Lipinski definition) is 6. The second-order valence-electron chi connectivity index (χ2n) is 9.99. The Morgan fingerprint density at radius 2 is 1.46 bits per heavy atom. The lowest BCUT2D eigenvalue weighted by atomic mass is 9.86. The van der Waals surface area contributed by atoms with Crippen LogP contribution in [0.5, 0.6) is 11.5 Å². The molecule has 5 rings (SSSR count). The minimum Gasteiger partial charge on any atom is -0.489 e. The summed E-state index contributed by atoms with van der Waals surface area (Å²) < 4.78 is 59.6. The minimum atomic E-state index is -3.61. The molecule has 1 aliphatic rings. The lowest BCUT2D eigenvalue weighted by Crippen LogP contribution is -2.57. The fourth-order valence-electron chi connectivity index (χ4n) is 4.66. The maximum absolute atomic E-state index is 15.3. The molecular weight excluding hydrogens is 543 g/mol. The Bertz CT molecular complexity index is 1560. The molecule has 2 N–H and O–H groups in total. The van der Waals surface area contributed by atoms with Crippen LogP contribution >= 0.6 is 0 Å². The van der Waals surface area contributed by atoms with Gasteiger partial charge in [0.25, 0.3) is 0 Å². The molecule has 4 aromatic carbocycles. The number of sulfonamides is 1. The molecule has 1 fully saturated rings. The minimum absolute atomic E-state index is 0.115. The Kier molecular flexibility index (Phi) is 8.99. The van der Waals surface area contributed by atoms with Gasteiger partial charge >= 0.3 is 0 Å². The molecule has 0 spiro atoms. The number of rotatable bonds is 13. The van der Waals surface area contributed by atoms with Gasteiger partial charge in [0.1, 0.15) is 30.5 Å². The molecule has 9 heteroatoms. The highest BCUT2D eigenvalue weighted by Gasteiger charge is 2.42. The first-order chi connectivity index (χ1) is 19.9. The smallest absolute Gasteiger partial charge is 0.215 e. The third kappa shape index (κ3) is 7.12. The summed E-state index contributed by atoms with van der Waals surface area (Å²) in [6.45, 7) is 1.70. The number of hydrogen-bond donors (Lipinski definition) is 2. The highest BCUT2D eigenvalue weighted by molar-refractivity contribution is 7.88. The van der Waals surface area contributed by atoms with E-state index in [1.165, 1.54) is 13.1 Å². The van der Waals surface area contributed by atoms with Crippen molar-refractivity contribution in [2.24, 2.45) is 0 Å². The van der Waals surface area contributed by atoms with Crippen LogP contribution in [0.25, 0.3) is 0 Å².